The summed E-state index contributed by atoms with van der Waals surface area (Å²) in [6.07, 6.45) is 0. The van der Waals surface area contributed by atoms with E-state index in [0.717, 1.165) is 12.1 Å². The lowest BCUT2D eigenvalue weighted by Gasteiger charge is -2.19. The molecule has 0 N–H and O–H groups in total. The Balaban J connectivity index is 1.73. The van der Waals surface area contributed by atoms with Crippen LogP contribution in [-0.2, 0) is 0 Å². The van der Waals surface area contributed by atoms with Gasteiger partial charge in [0.05, 0.1) is 32.9 Å². The van der Waals surface area contributed by atoms with E-state index in [1.54, 1.807) is 0 Å². The summed E-state index contributed by atoms with van der Waals surface area (Å²) in [6, 6.07) is -17.8. The van der Waals surface area contributed by atoms with Crippen LogP contribution in [0.15, 0.2) is 157 Å². The molecule has 8 aromatic rings. The molecule has 0 spiro atoms. The second-order valence-corrected chi connectivity index (χ2v) is 8.65. The normalized spacial score (nSPS) is 19.9. The van der Waals surface area contributed by atoms with Crippen LogP contribution in [0.3, 0.4) is 0 Å². The van der Waals surface area contributed by atoms with Gasteiger partial charge in [-0.2, -0.15) is 0 Å². The Hall–Kier alpha value is -5.20. The molecule has 0 amide bonds. The van der Waals surface area contributed by atoms with Crippen LogP contribution in [-0.4, -0.2) is 0 Å². The molecule has 0 saturated carbocycles. The highest BCUT2D eigenvalue weighted by Gasteiger charge is 2.18. The molecule has 0 nitrogen and oxygen atoms in total. The van der Waals surface area contributed by atoms with Crippen molar-refractivity contribution in [2.24, 2.45) is 0 Å². The van der Waals surface area contributed by atoms with E-state index in [1.165, 1.54) is 0 Å². The van der Waals surface area contributed by atoms with E-state index in [1.807, 2.05) is 0 Å². The minimum atomic E-state index is -0.988. The molecule has 0 fully saturated rings. The van der Waals surface area contributed by atoms with Crippen LogP contribution in [0.1, 0.15) is 32.9 Å². The maximum Gasteiger partial charge on any atom is 0.0636 e. The zero-order chi connectivity index (χ0) is 47.4. The van der Waals surface area contributed by atoms with Gasteiger partial charge in [0.25, 0.3) is 0 Å². The predicted molar refractivity (Wildman–Crippen MR) is 173 cm³/mol. The first kappa shape index (κ1) is 9.18. The van der Waals surface area contributed by atoms with Crippen LogP contribution < -0.4 is 0 Å². The number of rotatable bonds is 3. The van der Waals surface area contributed by atoms with Crippen molar-refractivity contribution in [2.45, 2.75) is 0 Å². The molecule has 0 aliphatic heterocycles. The van der Waals surface area contributed by atoms with Gasteiger partial charge in [0.1, 0.15) is 0 Å². The quantitative estimate of drug-likeness (QED) is 0.199. The first-order chi connectivity index (χ1) is 29.8. The van der Waals surface area contributed by atoms with Gasteiger partial charge in [-0.1, -0.05) is 151 Å². The number of fused-ring (bicyclic) bond motifs is 4. The van der Waals surface area contributed by atoms with Gasteiger partial charge in [0, 0.05) is 0 Å². The Morgan fingerprint density at radius 3 is 1.62 bits per heavy atom. The maximum absolute atomic E-state index is 9.75. The third-order valence-electron chi connectivity index (χ3n) is 6.53. The molecule has 0 saturated heterocycles. The van der Waals surface area contributed by atoms with E-state index in [0.29, 0.717) is 0 Å². The SMILES string of the molecule is [2H]c1cc2c(-c3c4c([2H])c([2H])c([2H])cc4c(-c4c([2H])c([2H])c([2H])c(-c5c([2H])c([2H])c([2H])c6c([2H])c([2H])c([2H])c([2H])c56)c4[2H])c4c([2H])c([2H])c([2H])c([2H])c34)c([2H])c([2H])c([2H])c2c([2H])c1[2H]. The molecule has 0 aliphatic carbocycles. The van der Waals surface area contributed by atoms with Crippen molar-refractivity contribution in [3.63, 3.8) is 0 Å². The first-order valence-electron chi connectivity index (χ1n) is 23.9. The maximum atomic E-state index is 9.75. The van der Waals surface area contributed by atoms with Crippen molar-refractivity contribution in [3.05, 3.63) is 157 Å². The summed E-state index contributed by atoms with van der Waals surface area (Å²) in [5.41, 5.74) is -3.65. The van der Waals surface area contributed by atoms with Crippen LogP contribution in [0.4, 0.5) is 0 Å². The highest BCUT2D eigenvalue weighted by atomic mass is 14.2. The Kier molecular flexibility index (Phi) is 2.12. The summed E-state index contributed by atoms with van der Waals surface area (Å²) >= 11 is 0. The minimum absolute atomic E-state index is 0.291. The molecular formula is C40H26. The van der Waals surface area contributed by atoms with Gasteiger partial charge in [-0.15, -0.1) is 0 Å². The van der Waals surface area contributed by atoms with Crippen LogP contribution >= 0.6 is 0 Å². The molecule has 0 aromatic heterocycles. The summed E-state index contributed by atoms with van der Waals surface area (Å²) in [5.74, 6) is 0. The summed E-state index contributed by atoms with van der Waals surface area (Å²) < 4.78 is 213. The van der Waals surface area contributed by atoms with Gasteiger partial charge < -0.3 is 0 Å². The summed E-state index contributed by atoms with van der Waals surface area (Å²) in [5, 5.41) is -3.89. The number of benzene rings is 8. The summed E-state index contributed by atoms with van der Waals surface area (Å²) in [6.45, 7) is 0. The van der Waals surface area contributed by atoms with Gasteiger partial charge >= 0.3 is 0 Å². The van der Waals surface area contributed by atoms with E-state index in [9.17, 15) is 8.22 Å². The molecule has 0 radical (unpaired) electrons. The fraction of sp³-hybridized carbons (Fsp3) is 0. The zero-order valence-corrected chi connectivity index (χ0v) is 20.2. The van der Waals surface area contributed by atoms with Gasteiger partial charge in [-0.25, -0.2) is 0 Å². The second kappa shape index (κ2) is 9.22. The molecule has 0 aliphatic rings. The van der Waals surface area contributed by atoms with Gasteiger partial charge in [-0.05, 0) is 82.5 Å². The number of hydrogen-bond acceptors (Lipinski definition) is 0. The summed E-state index contributed by atoms with van der Waals surface area (Å²) in [4.78, 5) is 0. The van der Waals surface area contributed by atoms with Crippen LogP contribution in [0.2, 0.25) is 0 Å². The highest BCUT2D eigenvalue weighted by Crippen LogP contribution is 2.45. The zero-order valence-electron chi connectivity index (χ0n) is 44.2. The van der Waals surface area contributed by atoms with Crippen molar-refractivity contribution < 1.29 is 32.9 Å². The Labute approximate surface area is 267 Å². The van der Waals surface area contributed by atoms with Crippen molar-refractivity contribution >= 4 is 43.1 Å². The summed E-state index contributed by atoms with van der Waals surface area (Å²) in [7, 11) is 0. The van der Waals surface area contributed by atoms with Gasteiger partial charge in [0.2, 0.25) is 0 Å². The molecule has 0 bridgehead atoms. The largest absolute Gasteiger partial charge is 0.0636 e. The molecule has 0 unspecified atom stereocenters. The molecule has 0 atom stereocenters. The monoisotopic (exact) mass is 530 g/mol. The lowest BCUT2D eigenvalue weighted by Crippen LogP contribution is -1.92. The van der Waals surface area contributed by atoms with Crippen molar-refractivity contribution in [1.29, 1.82) is 0 Å². The Morgan fingerprint density at radius 1 is 0.325 bits per heavy atom. The highest BCUT2D eigenvalue weighted by molar-refractivity contribution is 6.23. The van der Waals surface area contributed by atoms with Crippen molar-refractivity contribution in [2.75, 3.05) is 0 Å². The lowest BCUT2D eigenvalue weighted by molar-refractivity contribution is 1.63. The standard InChI is InChI=1S/C40H26/c1-3-18-31-27(12-1)14-10-24-33(31)29-16-9-17-30(26-29)39-35-20-5-7-22-37(35)40(38-23-8-6-21-36(38)39)34-25-11-15-28-13-2-4-19-32(28)34/h1-26H/i1D,2D,3D,4D,5D,6D,7D,8D,9D,10D,11D,12D,13D,14D,15D,16D,17D,18D,20D,22D,23D,24D,25D,26D. The van der Waals surface area contributed by atoms with Crippen molar-refractivity contribution in [3.8, 4) is 33.4 Å². The van der Waals surface area contributed by atoms with Crippen LogP contribution in [0.5, 0.6) is 0 Å². The van der Waals surface area contributed by atoms with Gasteiger partial charge in [-0.3, -0.25) is 0 Å². The fourth-order valence-corrected chi connectivity index (χ4v) is 4.85. The lowest BCUT2D eigenvalue weighted by atomic mass is 9.84. The number of hydrogen-bond donors (Lipinski definition) is 0. The fourth-order valence-electron chi connectivity index (χ4n) is 4.85. The van der Waals surface area contributed by atoms with E-state index < -0.39 is 216 Å². The molecule has 0 heterocycles. The van der Waals surface area contributed by atoms with E-state index in [4.69, 9.17) is 24.7 Å². The minimum Gasteiger partial charge on any atom is -0.0616 e. The molecule has 186 valence electrons. The van der Waals surface area contributed by atoms with Gasteiger partial charge in [0.15, 0.2) is 0 Å². The molecule has 0 heteroatoms. The van der Waals surface area contributed by atoms with Crippen molar-refractivity contribution in [1.82, 2.24) is 0 Å². The Morgan fingerprint density at radius 2 is 0.825 bits per heavy atom. The first-order valence-corrected chi connectivity index (χ1v) is 11.9. The molecule has 8 rings (SSSR count). The smallest absolute Gasteiger partial charge is 0.0616 e. The van der Waals surface area contributed by atoms with E-state index in [2.05, 4.69) is 0 Å². The average molecular weight is 531 g/mol. The molecular weight excluding hydrogens is 480 g/mol. The Bertz CT molecular complexity index is 3520. The third-order valence-corrected chi connectivity index (χ3v) is 6.53. The third kappa shape index (κ3) is 3.54. The van der Waals surface area contributed by atoms with Crippen LogP contribution in [0.25, 0.3) is 76.5 Å². The van der Waals surface area contributed by atoms with Crippen LogP contribution in [0, 0.1) is 0 Å². The second-order valence-electron chi connectivity index (χ2n) is 8.65. The molecule has 8 aromatic carbocycles. The van der Waals surface area contributed by atoms with E-state index in [-0.39, 0.29) is 5.39 Å². The topological polar surface area (TPSA) is 0 Å². The van der Waals surface area contributed by atoms with E-state index >= 15 is 0 Å². The predicted octanol–water partition coefficient (Wildman–Crippen LogP) is 11.3. The average Bonchev–Trinajstić information content (AvgIpc) is 3.25. The molecule has 40 heavy (non-hydrogen) atoms.